The van der Waals surface area contributed by atoms with Gasteiger partial charge in [-0.25, -0.2) is 5.12 Å². The van der Waals surface area contributed by atoms with Gasteiger partial charge >= 0.3 is 0 Å². The lowest BCUT2D eigenvalue weighted by Crippen LogP contribution is -2.56. The highest BCUT2D eigenvalue weighted by atomic mass is 15.9. The average molecular weight is 198 g/mol. The van der Waals surface area contributed by atoms with Gasteiger partial charge in [0, 0.05) is 0 Å². The Labute approximate surface area is 86.9 Å². The lowest BCUT2D eigenvalue weighted by Gasteiger charge is -2.36. The van der Waals surface area contributed by atoms with E-state index in [9.17, 15) is 0 Å². The van der Waals surface area contributed by atoms with Crippen molar-refractivity contribution in [1.82, 2.24) is 15.7 Å². The van der Waals surface area contributed by atoms with E-state index in [1.54, 1.807) is 0 Å². The SMILES string of the molecule is CC1=NN(C(C)(C)C)NN1C(C)(C)C. The monoisotopic (exact) mass is 198 g/mol. The maximum atomic E-state index is 4.47. The molecule has 82 valence electrons. The van der Waals surface area contributed by atoms with Gasteiger partial charge in [-0.1, -0.05) is 0 Å². The lowest BCUT2D eigenvalue weighted by atomic mass is 10.1. The molecule has 1 heterocycles. The summed E-state index contributed by atoms with van der Waals surface area (Å²) in [7, 11) is 0. The van der Waals surface area contributed by atoms with Gasteiger partial charge in [-0.15, -0.1) is 10.6 Å². The molecule has 0 unspecified atom stereocenters. The van der Waals surface area contributed by atoms with E-state index < -0.39 is 0 Å². The first-order valence-corrected chi connectivity index (χ1v) is 5.04. The Kier molecular flexibility index (Phi) is 2.52. The van der Waals surface area contributed by atoms with E-state index in [1.165, 1.54) is 0 Å². The van der Waals surface area contributed by atoms with Crippen LogP contribution in [0, 0.1) is 0 Å². The molecule has 1 aliphatic heterocycles. The van der Waals surface area contributed by atoms with Crippen LogP contribution in [0.25, 0.3) is 0 Å². The third-order valence-corrected chi connectivity index (χ3v) is 2.07. The summed E-state index contributed by atoms with van der Waals surface area (Å²) in [4.78, 5) is 0. The van der Waals surface area contributed by atoms with Crippen molar-refractivity contribution in [2.75, 3.05) is 0 Å². The molecule has 0 aliphatic carbocycles. The smallest absolute Gasteiger partial charge is 0.139 e. The molecule has 1 aliphatic rings. The van der Waals surface area contributed by atoms with E-state index in [-0.39, 0.29) is 11.1 Å². The van der Waals surface area contributed by atoms with Gasteiger partial charge in [-0.3, -0.25) is 5.01 Å². The van der Waals surface area contributed by atoms with E-state index in [2.05, 4.69) is 57.2 Å². The van der Waals surface area contributed by atoms with Crippen LogP contribution in [0.1, 0.15) is 48.5 Å². The van der Waals surface area contributed by atoms with Crippen molar-refractivity contribution >= 4 is 5.84 Å². The number of hydrogen-bond donors (Lipinski definition) is 1. The van der Waals surface area contributed by atoms with Gasteiger partial charge in [0.2, 0.25) is 0 Å². The number of nitrogens with zero attached hydrogens (tertiary/aromatic N) is 3. The quantitative estimate of drug-likeness (QED) is 0.645. The standard InChI is InChI=1S/C10H22N4/c1-8-11-14(10(5,6)7)12-13(8)9(2,3)4/h12H,1-7H3. The van der Waals surface area contributed by atoms with Crippen LogP contribution in [-0.4, -0.2) is 27.0 Å². The molecule has 0 spiro atoms. The first-order valence-electron chi connectivity index (χ1n) is 5.04. The van der Waals surface area contributed by atoms with Crippen LogP contribution in [0.15, 0.2) is 5.10 Å². The molecule has 0 aromatic heterocycles. The van der Waals surface area contributed by atoms with Gasteiger partial charge in [0.25, 0.3) is 0 Å². The largest absolute Gasteiger partial charge is 0.270 e. The number of hydrogen-bond acceptors (Lipinski definition) is 4. The predicted octanol–water partition coefficient (Wildman–Crippen LogP) is 1.95. The minimum Gasteiger partial charge on any atom is -0.270 e. The molecule has 4 nitrogen and oxygen atoms in total. The predicted molar refractivity (Wildman–Crippen MR) is 59.4 cm³/mol. The number of nitrogens with one attached hydrogen (secondary N) is 1. The summed E-state index contributed by atoms with van der Waals surface area (Å²) in [6.07, 6.45) is 0. The minimum absolute atomic E-state index is 0.00125. The molecular formula is C10H22N4. The van der Waals surface area contributed by atoms with Crippen molar-refractivity contribution in [3.63, 3.8) is 0 Å². The zero-order valence-corrected chi connectivity index (χ0v) is 10.3. The highest BCUT2D eigenvalue weighted by Gasteiger charge is 2.33. The van der Waals surface area contributed by atoms with E-state index in [4.69, 9.17) is 0 Å². The molecule has 0 bridgehead atoms. The van der Waals surface area contributed by atoms with Crippen LogP contribution in [0.4, 0.5) is 0 Å². The molecule has 4 heteroatoms. The highest BCUT2D eigenvalue weighted by Crippen LogP contribution is 2.21. The summed E-state index contributed by atoms with van der Waals surface area (Å²) in [6.45, 7) is 14.9. The zero-order valence-electron chi connectivity index (χ0n) is 10.3. The lowest BCUT2D eigenvalue weighted by molar-refractivity contribution is -0.00330. The molecule has 0 radical (unpaired) electrons. The van der Waals surface area contributed by atoms with E-state index in [0.29, 0.717) is 0 Å². The fraction of sp³-hybridized carbons (Fsp3) is 0.900. The molecule has 14 heavy (non-hydrogen) atoms. The molecule has 0 atom stereocenters. The molecule has 0 saturated carbocycles. The third kappa shape index (κ3) is 2.18. The normalized spacial score (nSPS) is 18.9. The Morgan fingerprint density at radius 1 is 1.00 bits per heavy atom. The summed E-state index contributed by atoms with van der Waals surface area (Å²) < 4.78 is 0. The maximum Gasteiger partial charge on any atom is 0.139 e. The first-order chi connectivity index (χ1) is 6.12. The summed E-state index contributed by atoms with van der Waals surface area (Å²) in [5.41, 5.74) is 3.33. The summed E-state index contributed by atoms with van der Waals surface area (Å²) in [5.74, 6) is 1.01. The third-order valence-electron chi connectivity index (χ3n) is 2.07. The Bertz CT molecular complexity index is 244. The Morgan fingerprint density at radius 3 is 1.71 bits per heavy atom. The summed E-state index contributed by atoms with van der Waals surface area (Å²) >= 11 is 0. The molecule has 0 aromatic rings. The first kappa shape index (κ1) is 11.3. The molecule has 0 aromatic carbocycles. The van der Waals surface area contributed by atoms with Crippen LogP contribution < -0.4 is 5.53 Å². The van der Waals surface area contributed by atoms with Crippen LogP contribution in [0.3, 0.4) is 0 Å². The topological polar surface area (TPSA) is 30.9 Å². The summed E-state index contributed by atoms with van der Waals surface area (Å²) in [6, 6.07) is 0. The van der Waals surface area contributed by atoms with Crippen molar-refractivity contribution in [2.45, 2.75) is 59.5 Å². The van der Waals surface area contributed by atoms with Gasteiger partial charge in [-0.05, 0) is 48.5 Å². The number of hydrazine groups is 2. The van der Waals surface area contributed by atoms with Crippen molar-refractivity contribution in [3.8, 4) is 0 Å². The molecule has 1 N–H and O–H groups in total. The van der Waals surface area contributed by atoms with Crippen molar-refractivity contribution in [3.05, 3.63) is 0 Å². The van der Waals surface area contributed by atoms with Gasteiger partial charge in [0.05, 0.1) is 11.1 Å². The average Bonchev–Trinajstić information content (AvgIpc) is 2.27. The van der Waals surface area contributed by atoms with Crippen LogP contribution in [0.2, 0.25) is 0 Å². The Balaban J connectivity index is 2.80. The second-order valence-electron chi connectivity index (χ2n) is 5.74. The van der Waals surface area contributed by atoms with Crippen LogP contribution in [-0.2, 0) is 0 Å². The van der Waals surface area contributed by atoms with Gasteiger partial charge in [0.15, 0.2) is 0 Å². The van der Waals surface area contributed by atoms with E-state index in [1.807, 2.05) is 12.0 Å². The second kappa shape index (κ2) is 3.12. The highest BCUT2D eigenvalue weighted by molar-refractivity contribution is 5.80. The Hall–Kier alpha value is -0.770. The van der Waals surface area contributed by atoms with E-state index >= 15 is 0 Å². The van der Waals surface area contributed by atoms with Gasteiger partial charge in [-0.2, -0.15) is 0 Å². The fourth-order valence-electron chi connectivity index (χ4n) is 1.31. The van der Waals surface area contributed by atoms with Crippen LogP contribution >= 0.6 is 0 Å². The minimum atomic E-state index is 0.00125. The van der Waals surface area contributed by atoms with Crippen molar-refractivity contribution in [2.24, 2.45) is 5.10 Å². The molecule has 0 saturated heterocycles. The van der Waals surface area contributed by atoms with Crippen LogP contribution in [0.5, 0.6) is 0 Å². The fourth-order valence-corrected chi connectivity index (χ4v) is 1.31. The van der Waals surface area contributed by atoms with Crippen molar-refractivity contribution in [1.29, 1.82) is 0 Å². The van der Waals surface area contributed by atoms with Gasteiger partial charge in [0.1, 0.15) is 5.84 Å². The number of hydrazone groups is 1. The second-order valence-corrected chi connectivity index (χ2v) is 5.74. The number of amidine groups is 1. The van der Waals surface area contributed by atoms with Gasteiger partial charge < -0.3 is 0 Å². The zero-order chi connectivity index (χ0) is 11.1. The molecule has 0 fully saturated rings. The van der Waals surface area contributed by atoms with Crippen molar-refractivity contribution < 1.29 is 0 Å². The molecular weight excluding hydrogens is 176 g/mol. The maximum absolute atomic E-state index is 4.47. The van der Waals surface area contributed by atoms with E-state index in [0.717, 1.165) is 5.84 Å². The number of rotatable bonds is 0. The summed E-state index contributed by atoms with van der Waals surface area (Å²) in [5, 5.41) is 8.45. The Morgan fingerprint density at radius 2 is 1.50 bits per heavy atom. The molecule has 1 rings (SSSR count). The molecule has 0 amide bonds.